The molecule has 1 unspecified atom stereocenters. The molecule has 1 heterocycles. The van der Waals surface area contributed by atoms with Crippen LogP contribution in [-0.4, -0.2) is 41.5 Å². The van der Waals surface area contributed by atoms with Gasteiger partial charge in [0.15, 0.2) is 0 Å². The number of benzene rings is 1. The Morgan fingerprint density at radius 2 is 2.00 bits per heavy atom. The Morgan fingerprint density at radius 3 is 2.58 bits per heavy atom. The molecule has 0 saturated carbocycles. The third-order valence-electron chi connectivity index (χ3n) is 3.24. The van der Waals surface area contributed by atoms with E-state index in [0.717, 1.165) is 11.1 Å². The number of aliphatic carboxylic acids is 1. The van der Waals surface area contributed by atoms with Gasteiger partial charge in [-0.1, -0.05) is 24.3 Å². The molecule has 1 aromatic carbocycles. The molecule has 1 atom stereocenters. The highest BCUT2D eigenvalue weighted by molar-refractivity contribution is 5.70. The zero-order valence-electron chi connectivity index (χ0n) is 10.8. The molecule has 1 aromatic rings. The van der Waals surface area contributed by atoms with Crippen molar-refractivity contribution in [2.75, 3.05) is 19.8 Å². The minimum Gasteiger partial charge on any atom is -0.481 e. The summed E-state index contributed by atoms with van der Waals surface area (Å²) in [6.07, 6.45) is 0.711. The molecule has 0 amide bonds. The quantitative estimate of drug-likeness (QED) is 0.700. The van der Waals surface area contributed by atoms with Crippen molar-refractivity contribution >= 4 is 5.97 Å². The van der Waals surface area contributed by atoms with Crippen molar-refractivity contribution in [3.63, 3.8) is 0 Å². The molecule has 0 bridgehead atoms. The number of rotatable bonds is 6. The second kappa shape index (κ2) is 6.14. The van der Waals surface area contributed by atoms with E-state index in [1.54, 1.807) is 0 Å². The van der Waals surface area contributed by atoms with Crippen molar-refractivity contribution in [1.82, 2.24) is 5.32 Å². The van der Waals surface area contributed by atoms with Crippen molar-refractivity contribution in [3.05, 3.63) is 35.4 Å². The number of hydrogen-bond acceptors (Lipinski definition) is 4. The lowest BCUT2D eigenvalue weighted by molar-refractivity contribution is -0.136. The van der Waals surface area contributed by atoms with Crippen LogP contribution in [-0.2, 0) is 22.5 Å². The highest BCUT2D eigenvalue weighted by atomic mass is 16.5. The molecular formula is C14H19NO4. The normalized spacial score (nSPS) is 22.6. The maximum Gasteiger partial charge on any atom is 0.307 e. The van der Waals surface area contributed by atoms with E-state index < -0.39 is 11.6 Å². The second-order valence-corrected chi connectivity index (χ2v) is 5.02. The van der Waals surface area contributed by atoms with Crippen molar-refractivity contribution < 1.29 is 19.7 Å². The van der Waals surface area contributed by atoms with Gasteiger partial charge in [0.25, 0.3) is 0 Å². The molecule has 3 N–H and O–H groups in total. The first-order valence-electron chi connectivity index (χ1n) is 6.38. The molecule has 0 aromatic heterocycles. The standard InChI is InChI=1S/C14H19NO4/c16-13(17)7-11-1-3-12(4-2-11)8-15-9-14(18)5-6-19-10-14/h1-4,15,18H,5-10H2,(H,16,17). The fourth-order valence-electron chi connectivity index (χ4n) is 2.12. The minimum atomic E-state index is -0.825. The number of aliphatic hydroxyl groups is 1. The molecule has 19 heavy (non-hydrogen) atoms. The Kier molecular flexibility index (Phi) is 4.52. The number of carboxylic acid groups (broad SMARTS) is 1. The molecule has 0 spiro atoms. The molecule has 0 radical (unpaired) electrons. The van der Waals surface area contributed by atoms with Crippen molar-refractivity contribution in [2.24, 2.45) is 0 Å². The van der Waals surface area contributed by atoms with E-state index in [1.165, 1.54) is 0 Å². The van der Waals surface area contributed by atoms with E-state index in [9.17, 15) is 9.90 Å². The van der Waals surface area contributed by atoms with E-state index in [-0.39, 0.29) is 6.42 Å². The van der Waals surface area contributed by atoms with Crippen molar-refractivity contribution in [3.8, 4) is 0 Å². The highest BCUT2D eigenvalue weighted by Gasteiger charge is 2.31. The van der Waals surface area contributed by atoms with Gasteiger partial charge in [-0.15, -0.1) is 0 Å². The van der Waals surface area contributed by atoms with Crippen LogP contribution in [0.3, 0.4) is 0 Å². The second-order valence-electron chi connectivity index (χ2n) is 5.02. The highest BCUT2D eigenvalue weighted by Crippen LogP contribution is 2.17. The van der Waals surface area contributed by atoms with Crippen LogP contribution in [0.1, 0.15) is 17.5 Å². The molecule has 1 aliphatic rings. The monoisotopic (exact) mass is 265 g/mol. The summed E-state index contributed by atoms with van der Waals surface area (Å²) in [5.74, 6) is -0.825. The Morgan fingerprint density at radius 1 is 1.32 bits per heavy atom. The average molecular weight is 265 g/mol. The van der Waals surface area contributed by atoms with E-state index in [4.69, 9.17) is 9.84 Å². The summed E-state index contributed by atoms with van der Waals surface area (Å²) in [5, 5.41) is 21.9. The van der Waals surface area contributed by atoms with Gasteiger partial charge in [-0.25, -0.2) is 0 Å². The summed E-state index contributed by atoms with van der Waals surface area (Å²) in [5.41, 5.74) is 1.11. The molecular weight excluding hydrogens is 246 g/mol. The van der Waals surface area contributed by atoms with Crippen LogP contribution in [0.5, 0.6) is 0 Å². The van der Waals surface area contributed by atoms with Gasteiger partial charge in [0.05, 0.1) is 13.0 Å². The SMILES string of the molecule is O=C(O)Cc1ccc(CNCC2(O)CCOC2)cc1. The first-order chi connectivity index (χ1) is 9.07. The number of hydrogen-bond donors (Lipinski definition) is 3. The predicted molar refractivity (Wildman–Crippen MR) is 69.9 cm³/mol. The molecule has 1 saturated heterocycles. The third-order valence-corrected chi connectivity index (χ3v) is 3.24. The molecule has 5 nitrogen and oxygen atoms in total. The summed E-state index contributed by atoms with van der Waals surface area (Å²) >= 11 is 0. The minimum absolute atomic E-state index is 0.0464. The van der Waals surface area contributed by atoms with E-state index in [0.29, 0.717) is 32.7 Å². The first kappa shape index (κ1) is 14.0. The van der Waals surface area contributed by atoms with Crippen LogP contribution in [0.25, 0.3) is 0 Å². The van der Waals surface area contributed by atoms with Crippen LogP contribution in [0, 0.1) is 0 Å². The number of nitrogens with one attached hydrogen (secondary N) is 1. The third kappa shape index (κ3) is 4.31. The maximum atomic E-state index is 10.6. The zero-order chi connectivity index (χ0) is 13.7. The largest absolute Gasteiger partial charge is 0.481 e. The molecule has 2 rings (SSSR count). The lowest BCUT2D eigenvalue weighted by Gasteiger charge is -2.20. The Hall–Kier alpha value is -1.43. The fraction of sp³-hybridized carbons (Fsp3) is 0.500. The predicted octanol–water partition coefficient (Wildman–Crippen LogP) is 0.555. The van der Waals surface area contributed by atoms with Crippen LogP contribution >= 0.6 is 0 Å². The van der Waals surface area contributed by atoms with Crippen LogP contribution in [0.15, 0.2) is 24.3 Å². The first-order valence-corrected chi connectivity index (χ1v) is 6.38. The average Bonchev–Trinajstić information content (AvgIpc) is 2.78. The van der Waals surface area contributed by atoms with E-state index in [2.05, 4.69) is 5.32 Å². The topological polar surface area (TPSA) is 78.8 Å². The van der Waals surface area contributed by atoms with Crippen LogP contribution in [0.4, 0.5) is 0 Å². The van der Waals surface area contributed by atoms with Gasteiger partial charge in [0.1, 0.15) is 5.60 Å². The van der Waals surface area contributed by atoms with Gasteiger partial charge in [-0.2, -0.15) is 0 Å². The number of carboxylic acids is 1. The Balaban J connectivity index is 1.78. The van der Waals surface area contributed by atoms with Gasteiger partial charge >= 0.3 is 5.97 Å². The lowest BCUT2D eigenvalue weighted by atomic mass is 10.0. The Labute approximate surface area is 112 Å². The van der Waals surface area contributed by atoms with Gasteiger partial charge < -0.3 is 20.3 Å². The van der Waals surface area contributed by atoms with Gasteiger partial charge in [0.2, 0.25) is 0 Å². The smallest absolute Gasteiger partial charge is 0.307 e. The van der Waals surface area contributed by atoms with E-state index >= 15 is 0 Å². The van der Waals surface area contributed by atoms with Gasteiger partial charge in [0, 0.05) is 26.1 Å². The van der Waals surface area contributed by atoms with Crippen LogP contribution < -0.4 is 5.32 Å². The van der Waals surface area contributed by atoms with Crippen molar-refractivity contribution in [2.45, 2.75) is 25.0 Å². The fourth-order valence-corrected chi connectivity index (χ4v) is 2.12. The van der Waals surface area contributed by atoms with Crippen LogP contribution in [0.2, 0.25) is 0 Å². The molecule has 5 heteroatoms. The zero-order valence-corrected chi connectivity index (χ0v) is 10.8. The molecule has 104 valence electrons. The molecule has 1 aliphatic heterocycles. The Bertz CT molecular complexity index is 424. The molecule has 1 fully saturated rings. The summed E-state index contributed by atoms with van der Waals surface area (Å²) in [7, 11) is 0. The maximum absolute atomic E-state index is 10.6. The van der Waals surface area contributed by atoms with E-state index in [1.807, 2.05) is 24.3 Å². The summed E-state index contributed by atoms with van der Waals surface area (Å²) in [6.45, 7) is 2.15. The number of ether oxygens (including phenoxy) is 1. The number of carbonyl (C=O) groups is 1. The summed E-state index contributed by atoms with van der Waals surface area (Å²) < 4.78 is 5.17. The van der Waals surface area contributed by atoms with Gasteiger partial charge in [-0.05, 0) is 11.1 Å². The summed E-state index contributed by atoms with van der Waals surface area (Å²) in [4.78, 5) is 10.6. The lowest BCUT2D eigenvalue weighted by Crippen LogP contribution is -2.40. The van der Waals surface area contributed by atoms with Gasteiger partial charge in [-0.3, -0.25) is 4.79 Å². The van der Waals surface area contributed by atoms with Crippen molar-refractivity contribution in [1.29, 1.82) is 0 Å². The summed E-state index contributed by atoms with van der Waals surface area (Å²) in [6, 6.07) is 7.44. The molecule has 0 aliphatic carbocycles.